The molecule has 0 spiro atoms. The normalized spacial score (nSPS) is 10.6. The first-order valence-corrected chi connectivity index (χ1v) is 7.40. The van der Waals surface area contributed by atoms with Crippen LogP contribution in [0.15, 0.2) is 73.4 Å². The highest BCUT2D eigenvalue weighted by Gasteiger charge is 2.05. The molecule has 2 N–H and O–H groups in total. The Kier molecular flexibility index (Phi) is 3.96. The minimum Gasteiger partial charge on any atom is -0.412 e. The summed E-state index contributed by atoms with van der Waals surface area (Å²) in [4.78, 5) is 4.58. The smallest absolute Gasteiger partial charge is 0.0888 e. The van der Waals surface area contributed by atoms with Crippen LogP contribution in [0.25, 0.3) is 27.9 Å². The summed E-state index contributed by atoms with van der Waals surface area (Å²) < 4.78 is 2.25. The molecule has 3 nitrogen and oxygen atoms in total. The van der Waals surface area contributed by atoms with E-state index in [9.17, 15) is 0 Å². The van der Waals surface area contributed by atoms with Crippen molar-refractivity contribution in [2.24, 2.45) is 0 Å². The first-order chi connectivity index (χ1) is 10.8. The lowest BCUT2D eigenvalue weighted by Gasteiger charge is -2.09. The highest BCUT2D eigenvalue weighted by Crippen LogP contribution is 2.22. The summed E-state index contributed by atoms with van der Waals surface area (Å²) in [5.41, 5.74) is 4.40. The molecule has 0 aliphatic rings. The lowest BCUT2D eigenvalue weighted by molar-refractivity contribution is 0.824. The van der Waals surface area contributed by atoms with E-state index in [1.165, 1.54) is 16.3 Å². The molecule has 114 valence electrons. The van der Waals surface area contributed by atoms with Gasteiger partial charge in [-0.25, -0.2) is 4.98 Å². The van der Waals surface area contributed by atoms with Crippen molar-refractivity contribution in [1.82, 2.24) is 9.55 Å². The molecule has 0 bridgehead atoms. The van der Waals surface area contributed by atoms with E-state index in [4.69, 9.17) is 0 Å². The number of hydrogen-bond donors (Lipinski definition) is 0. The zero-order valence-corrected chi connectivity index (χ0v) is 12.7. The number of benzene rings is 2. The maximum atomic E-state index is 4.58. The lowest BCUT2D eigenvalue weighted by Crippen LogP contribution is -1.99. The van der Waals surface area contributed by atoms with E-state index < -0.39 is 0 Å². The van der Waals surface area contributed by atoms with E-state index in [2.05, 4.69) is 76.9 Å². The van der Waals surface area contributed by atoms with Crippen molar-refractivity contribution in [2.45, 2.75) is 6.54 Å². The van der Waals surface area contributed by atoms with Gasteiger partial charge in [-0.15, -0.1) is 0 Å². The molecule has 0 radical (unpaired) electrons. The van der Waals surface area contributed by atoms with Crippen molar-refractivity contribution in [2.75, 3.05) is 0 Å². The molecule has 2 heterocycles. The second-order valence-electron chi connectivity index (χ2n) is 5.43. The Balaban J connectivity index is 0.00000156. The fourth-order valence-electron chi connectivity index (χ4n) is 2.96. The van der Waals surface area contributed by atoms with Crippen LogP contribution in [0, 0.1) is 0 Å². The van der Waals surface area contributed by atoms with Crippen molar-refractivity contribution in [3.63, 3.8) is 0 Å². The van der Waals surface area contributed by atoms with Gasteiger partial charge < -0.3 is 10.0 Å². The van der Waals surface area contributed by atoms with Gasteiger partial charge in [0.1, 0.15) is 0 Å². The minimum absolute atomic E-state index is 0. The molecule has 3 heteroatoms. The van der Waals surface area contributed by atoms with Gasteiger partial charge in [-0.2, -0.15) is 0 Å². The molecule has 2 aromatic heterocycles. The molecule has 2 aromatic carbocycles. The molecule has 0 saturated heterocycles. The molecule has 0 aliphatic carbocycles. The highest BCUT2D eigenvalue weighted by molar-refractivity contribution is 5.86. The van der Waals surface area contributed by atoms with Crippen molar-refractivity contribution >= 4 is 27.9 Å². The Morgan fingerprint density at radius 1 is 0.957 bits per heavy atom. The summed E-state index contributed by atoms with van der Waals surface area (Å²) in [7, 11) is 0. The average Bonchev–Trinajstić information content (AvgIpc) is 2.97. The largest absolute Gasteiger partial charge is 0.412 e. The molecule has 0 saturated carbocycles. The molecule has 0 unspecified atom stereocenters. The first-order valence-electron chi connectivity index (χ1n) is 7.40. The number of nitrogens with zero attached hydrogens (tertiary/aromatic N) is 2. The van der Waals surface area contributed by atoms with E-state index >= 15 is 0 Å². The van der Waals surface area contributed by atoms with Gasteiger partial charge in [-0.05, 0) is 40.6 Å². The number of hydrogen-bond acceptors (Lipinski definition) is 1. The fraction of sp³-hybridized carbons (Fsp3) is 0.0500. The number of rotatable bonds is 3. The Hall–Kier alpha value is -2.91. The molecule has 0 amide bonds. The minimum atomic E-state index is 0. The second-order valence-corrected chi connectivity index (χ2v) is 5.43. The van der Waals surface area contributed by atoms with Crippen LogP contribution in [0.5, 0.6) is 0 Å². The van der Waals surface area contributed by atoms with E-state index in [1.807, 2.05) is 6.07 Å². The Bertz CT molecular complexity index is 980. The van der Waals surface area contributed by atoms with Crippen LogP contribution in [-0.2, 0) is 6.54 Å². The van der Waals surface area contributed by atoms with Crippen LogP contribution < -0.4 is 0 Å². The number of fused-ring (bicyclic) bond motifs is 2. The average molecular weight is 302 g/mol. The topological polar surface area (TPSA) is 49.3 Å². The van der Waals surface area contributed by atoms with Crippen molar-refractivity contribution < 1.29 is 5.48 Å². The third-order valence-corrected chi connectivity index (χ3v) is 4.08. The lowest BCUT2D eigenvalue weighted by atomic mass is 10.0. The Labute approximate surface area is 134 Å². The first kappa shape index (κ1) is 15.0. The number of aromatic nitrogens is 2. The summed E-state index contributed by atoms with van der Waals surface area (Å²) in [6, 6.07) is 21.2. The summed E-state index contributed by atoms with van der Waals surface area (Å²) in [6.07, 6.45) is 3.88. The summed E-state index contributed by atoms with van der Waals surface area (Å²) in [5.74, 6) is 0. The fourth-order valence-corrected chi connectivity index (χ4v) is 2.96. The van der Waals surface area contributed by atoms with Crippen LogP contribution in [0.3, 0.4) is 0 Å². The van der Waals surface area contributed by atoms with Crippen LogP contribution in [-0.4, -0.2) is 15.0 Å². The zero-order valence-electron chi connectivity index (χ0n) is 12.7. The standard InChI is InChI=1S/C20H16N2.H2O/c1-2-17-10-11-20-19(21-17)12-13-22(20)14-16-8-5-7-15-6-3-4-9-18(15)16;/h2-13H,1,14H2;1H2. The van der Waals surface area contributed by atoms with Crippen LogP contribution in [0.1, 0.15) is 11.3 Å². The second kappa shape index (κ2) is 6.07. The molecule has 0 fully saturated rings. The summed E-state index contributed by atoms with van der Waals surface area (Å²) in [6.45, 7) is 4.62. The van der Waals surface area contributed by atoms with E-state index in [1.54, 1.807) is 6.08 Å². The van der Waals surface area contributed by atoms with Gasteiger partial charge in [0.25, 0.3) is 0 Å². The summed E-state index contributed by atoms with van der Waals surface area (Å²) in [5, 5.41) is 2.59. The molecule has 0 atom stereocenters. The van der Waals surface area contributed by atoms with Gasteiger partial charge in [-0.3, -0.25) is 0 Å². The highest BCUT2D eigenvalue weighted by atomic mass is 16.0. The maximum Gasteiger partial charge on any atom is 0.0888 e. The zero-order chi connectivity index (χ0) is 14.9. The predicted molar refractivity (Wildman–Crippen MR) is 96.5 cm³/mol. The van der Waals surface area contributed by atoms with Gasteiger partial charge >= 0.3 is 0 Å². The van der Waals surface area contributed by atoms with Gasteiger partial charge in [0.2, 0.25) is 0 Å². The molecule has 0 aliphatic heterocycles. The third kappa shape index (κ3) is 2.62. The SMILES string of the molecule is C=Cc1ccc2c(ccn2Cc2cccc3ccccc23)n1.O. The number of pyridine rings is 1. The van der Waals surface area contributed by atoms with Crippen molar-refractivity contribution in [3.8, 4) is 0 Å². The molecular weight excluding hydrogens is 284 g/mol. The van der Waals surface area contributed by atoms with Crippen molar-refractivity contribution in [3.05, 3.63) is 84.7 Å². The summed E-state index contributed by atoms with van der Waals surface area (Å²) >= 11 is 0. The molecular formula is C20H18N2O. The van der Waals surface area contributed by atoms with Gasteiger partial charge in [0, 0.05) is 12.7 Å². The molecule has 23 heavy (non-hydrogen) atoms. The van der Waals surface area contributed by atoms with Crippen LogP contribution in [0.4, 0.5) is 0 Å². The third-order valence-electron chi connectivity index (χ3n) is 4.08. The quantitative estimate of drug-likeness (QED) is 0.563. The van der Waals surface area contributed by atoms with Crippen LogP contribution in [0.2, 0.25) is 0 Å². The van der Waals surface area contributed by atoms with Gasteiger partial charge in [0.15, 0.2) is 0 Å². The monoisotopic (exact) mass is 302 g/mol. The van der Waals surface area contributed by atoms with E-state index in [0.717, 1.165) is 23.3 Å². The van der Waals surface area contributed by atoms with E-state index in [-0.39, 0.29) is 5.48 Å². The maximum absolute atomic E-state index is 4.58. The predicted octanol–water partition coefficient (Wildman–Crippen LogP) is 4.06. The Morgan fingerprint density at radius 2 is 1.78 bits per heavy atom. The van der Waals surface area contributed by atoms with Crippen molar-refractivity contribution in [1.29, 1.82) is 0 Å². The van der Waals surface area contributed by atoms with E-state index in [0.29, 0.717) is 0 Å². The van der Waals surface area contributed by atoms with Crippen LogP contribution >= 0.6 is 0 Å². The Morgan fingerprint density at radius 3 is 2.65 bits per heavy atom. The molecule has 4 aromatic rings. The molecule has 4 rings (SSSR count). The van der Waals surface area contributed by atoms with Gasteiger partial charge in [-0.1, -0.05) is 49.0 Å². The van der Waals surface area contributed by atoms with Gasteiger partial charge in [0.05, 0.1) is 16.7 Å².